The summed E-state index contributed by atoms with van der Waals surface area (Å²) in [6.45, 7) is 2.38. The van der Waals surface area contributed by atoms with Gasteiger partial charge in [-0.1, -0.05) is 24.6 Å². The molecule has 2 rings (SSSR count). The van der Waals surface area contributed by atoms with Crippen LogP contribution in [0.25, 0.3) is 0 Å². The lowest BCUT2D eigenvalue weighted by atomic mass is 10.0. The van der Waals surface area contributed by atoms with E-state index < -0.39 is 10.0 Å². The van der Waals surface area contributed by atoms with Gasteiger partial charge in [-0.25, -0.2) is 8.42 Å². The van der Waals surface area contributed by atoms with E-state index in [1.165, 1.54) is 4.31 Å². The molecule has 1 aromatic carbocycles. The molecule has 1 saturated carbocycles. The molecule has 2 atom stereocenters. The Morgan fingerprint density at radius 1 is 1.32 bits per heavy atom. The van der Waals surface area contributed by atoms with Crippen molar-refractivity contribution >= 4 is 10.0 Å². The van der Waals surface area contributed by atoms with Crippen LogP contribution in [0.15, 0.2) is 29.2 Å². The molecule has 0 spiro atoms. The number of sulfonamides is 1. The summed E-state index contributed by atoms with van der Waals surface area (Å²) in [6.07, 6.45) is 2.98. The van der Waals surface area contributed by atoms with Crippen LogP contribution in [0.1, 0.15) is 24.8 Å². The Morgan fingerprint density at radius 2 is 2.00 bits per heavy atom. The van der Waals surface area contributed by atoms with E-state index in [9.17, 15) is 8.42 Å². The largest absolute Gasteiger partial charge is 0.330 e. The molecule has 106 valence electrons. The molecule has 0 bridgehead atoms. The molecule has 1 aromatic rings. The van der Waals surface area contributed by atoms with Crippen molar-refractivity contribution in [3.8, 4) is 0 Å². The molecule has 0 amide bonds. The van der Waals surface area contributed by atoms with Gasteiger partial charge in [0.1, 0.15) is 0 Å². The van der Waals surface area contributed by atoms with E-state index in [1.54, 1.807) is 19.2 Å². The van der Waals surface area contributed by atoms with Crippen molar-refractivity contribution in [1.82, 2.24) is 4.31 Å². The molecule has 19 heavy (non-hydrogen) atoms. The van der Waals surface area contributed by atoms with Crippen LogP contribution in [-0.4, -0.2) is 32.4 Å². The number of nitrogens with two attached hydrogens (primary N) is 1. The van der Waals surface area contributed by atoms with E-state index in [4.69, 9.17) is 5.73 Å². The van der Waals surface area contributed by atoms with Crippen molar-refractivity contribution in [3.63, 3.8) is 0 Å². The van der Waals surface area contributed by atoms with Gasteiger partial charge >= 0.3 is 0 Å². The van der Waals surface area contributed by atoms with Crippen LogP contribution in [-0.2, 0) is 10.0 Å². The smallest absolute Gasteiger partial charge is 0.243 e. The van der Waals surface area contributed by atoms with Gasteiger partial charge in [-0.2, -0.15) is 4.31 Å². The van der Waals surface area contributed by atoms with Gasteiger partial charge in [0.05, 0.1) is 4.90 Å². The number of benzene rings is 1. The number of hydrogen-bond donors (Lipinski definition) is 1. The van der Waals surface area contributed by atoms with E-state index in [2.05, 4.69) is 0 Å². The highest BCUT2D eigenvalue weighted by molar-refractivity contribution is 7.89. The Kier molecular flexibility index (Phi) is 4.28. The summed E-state index contributed by atoms with van der Waals surface area (Å²) >= 11 is 0. The summed E-state index contributed by atoms with van der Waals surface area (Å²) in [4.78, 5) is 0.403. The predicted octanol–water partition coefficient (Wildman–Crippen LogP) is 1.74. The molecule has 0 aliphatic heterocycles. The molecule has 2 N–H and O–H groups in total. The summed E-state index contributed by atoms with van der Waals surface area (Å²) in [5.74, 6) is 0.281. The monoisotopic (exact) mass is 282 g/mol. The molecule has 0 saturated heterocycles. The first-order valence-corrected chi connectivity index (χ1v) is 8.16. The highest BCUT2D eigenvalue weighted by Gasteiger charge is 2.36. The van der Waals surface area contributed by atoms with Crippen LogP contribution in [0.5, 0.6) is 0 Å². The second-order valence-electron chi connectivity index (χ2n) is 5.28. The van der Waals surface area contributed by atoms with Gasteiger partial charge in [0, 0.05) is 13.1 Å². The zero-order valence-electron chi connectivity index (χ0n) is 11.5. The standard InChI is InChI=1S/C14H22N2O2S/c1-11-6-3-4-9-14(11)19(17,18)16(2)13-8-5-7-12(13)10-15/h3-4,6,9,12-13H,5,7-8,10,15H2,1-2H3. The third-order valence-corrected chi connectivity index (χ3v) is 6.18. The quantitative estimate of drug-likeness (QED) is 0.915. The first kappa shape index (κ1) is 14.5. The second kappa shape index (κ2) is 5.61. The zero-order valence-corrected chi connectivity index (χ0v) is 12.4. The van der Waals surface area contributed by atoms with Gasteiger partial charge < -0.3 is 5.73 Å². The van der Waals surface area contributed by atoms with Crippen LogP contribution in [0.2, 0.25) is 0 Å². The molecular formula is C14H22N2O2S. The number of aryl methyl sites for hydroxylation is 1. The summed E-state index contributed by atoms with van der Waals surface area (Å²) in [5.41, 5.74) is 6.54. The van der Waals surface area contributed by atoms with Gasteiger partial charge in [-0.05, 0) is 43.9 Å². The Morgan fingerprint density at radius 3 is 2.63 bits per heavy atom. The number of nitrogens with zero attached hydrogens (tertiary/aromatic N) is 1. The van der Waals surface area contributed by atoms with Gasteiger partial charge in [-0.15, -0.1) is 0 Å². The molecule has 5 heteroatoms. The highest BCUT2D eigenvalue weighted by atomic mass is 32.2. The van der Waals surface area contributed by atoms with Crippen molar-refractivity contribution in [3.05, 3.63) is 29.8 Å². The highest BCUT2D eigenvalue weighted by Crippen LogP contribution is 2.32. The number of rotatable bonds is 4. The lowest BCUT2D eigenvalue weighted by Crippen LogP contribution is -2.41. The predicted molar refractivity (Wildman–Crippen MR) is 76.3 cm³/mol. The minimum atomic E-state index is -3.42. The maximum atomic E-state index is 12.7. The average Bonchev–Trinajstić information content (AvgIpc) is 2.86. The van der Waals surface area contributed by atoms with E-state index >= 15 is 0 Å². The summed E-state index contributed by atoms with van der Waals surface area (Å²) < 4.78 is 26.9. The maximum Gasteiger partial charge on any atom is 0.243 e. The maximum absolute atomic E-state index is 12.7. The normalized spacial score (nSPS) is 24.0. The molecule has 1 fully saturated rings. The van der Waals surface area contributed by atoms with E-state index in [0.29, 0.717) is 11.4 Å². The number of hydrogen-bond acceptors (Lipinski definition) is 3. The molecule has 0 radical (unpaired) electrons. The van der Waals surface area contributed by atoms with Crippen molar-refractivity contribution < 1.29 is 8.42 Å². The Hall–Kier alpha value is -0.910. The van der Waals surface area contributed by atoms with E-state index in [1.807, 2.05) is 19.1 Å². The Balaban J connectivity index is 2.32. The molecule has 0 aromatic heterocycles. The van der Waals surface area contributed by atoms with Gasteiger partial charge in [0.15, 0.2) is 0 Å². The summed E-state index contributed by atoms with van der Waals surface area (Å²) in [6, 6.07) is 7.16. The summed E-state index contributed by atoms with van der Waals surface area (Å²) in [7, 11) is -1.74. The second-order valence-corrected chi connectivity index (χ2v) is 7.25. The van der Waals surface area contributed by atoms with Crippen LogP contribution >= 0.6 is 0 Å². The van der Waals surface area contributed by atoms with Crippen LogP contribution < -0.4 is 5.73 Å². The summed E-state index contributed by atoms with van der Waals surface area (Å²) in [5, 5.41) is 0. The molecule has 0 heterocycles. The molecule has 4 nitrogen and oxygen atoms in total. The SMILES string of the molecule is Cc1ccccc1S(=O)(=O)N(C)C1CCCC1CN. The molecule has 1 aliphatic rings. The van der Waals surface area contributed by atoms with Crippen molar-refractivity contribution in [1.29, 1.82) is 0 Å². The Labute approximate surface area is 115 Å². The fourth-order valence-electron chi connectivity index (χ4n) is 2.95. The van der Waals surface area contributed by atoms with E-state index in [-0.39, 0.29) is 12.0 Å². The van der Waals surface area contributed by atoms with Crippen LogP contribution in [0.3, 0.4) is 0 Å². The van der Waals surface area contributed by atoms with Crippen LogP contribution in [0, 0.1) is 12.8 Å². The first-order chi connectivity index (χ1) is 8.98. The van der Waals surface area contributed by atoms with E-state index in [0.717, 1.165) is 24.8 Å². The van der Waals surface area contributed by atoms with Gasteiger partial charge in [-0.3, -0.25) is 0 Å². The van der Waals surface area contributed by atoms with Gasteiger partial charge in [0.25, 0.3) is 0 Å². The lowest BCUT2D eigenvalue weighted by molar-refractivity contribution is 0.304. The molecular weight excluding hydrogens is 260 g/mol. The molecule has 1 aliphatic carbocycles. The topological polar surface area (TPSA) is 63.4 Å². The van der Waals surface area contributed by atoms with Crippen molar-refractivity contribution in [2.45, 2.75) is 37.1 Å². The fourth-order valence-corrected chi connectivity index (χ4v) is 4.62. The molecule has 2 unspecified atom stereocenters. The third-order valence-electron chi connectivity index (χ3n) is 4.14. The lowest BCUT2D eigenvalue weighted by Gasteiger charge is -2.28. The minimum absolute atomic E-state index is 0.0367. The van der Waals surface area contributed by atoms with Crippen molar-refractivity contribution in [2.75, 3.05) is 13.6 Å². The van der Waals surface area contributed by atoms with Crippen LogP contribution in [0.4, 0.5) is 0 Å². The zero-order chi connectivity index (χ0) is 14.0. The Bertz CT molecular complexity index is 542. The average molecular weight is 282 g/mol. The fraction of sp³-hybridized carbons (Fsp3) is 0.571. The van der Waals surface area contributed by atoms with Gasteiger partial charge in [0.2, 0.25) is 10.0 Å². The van der Waals surface area contributed by atoms with Crippen molar-refractivity contribution in [2.24, 2.45) is 11.7 Å². The minimum Gasteiger partial charge on any atom is -0.330 e. The first-order valence-electron chi connectivity index (χ1n) is 6.72. The third kappa shape index (κ3) is 2.68.